The number of hydrogen-bond acceptors (Lipinski definition) is 7. The van der Waals surface area contributed by atoms with Crippen molar-refractivity contribution in [2.24, 2.45) is 17.4 Å². The molecule has 1 aliphatic rings. The number of aromatic amines is 1. The van der Waals surface area contributed by atoms with Crippen LogP contribution in [0.25, 0.3) is 0 Å². The first-order valence-corrected chi connectivity index (χ1v) is 11.7. The molecule has 5 unspecified atom stereocenters. The average molecular weight is 494 g/mol. The Hall–Kier alpha value is -3.48. The number of nitrogens with two attached hydrogens (primary N) is 2. The number of aliphatic carboxylic acids is 1. The number of amides is 4. The highest BCUT2D eigenvalue weighted by Gasteiger charge is 2.38. The predicted octanol–water partition coefficient (Wildman–Crippen LogP) is -1.36. The summed E-state index contributed by atoms with van der Waals surface area (Å²) in [7, 11) is 0. The van der Waals surface area contributed by atoms with Crippen LogP contribution in [0, 0.1) is 5.92 Å². The average Bonchev–Trinajstić information content (AvgIpc) is 3.51. The van der Waals surface area contributed by atoms with Gasteiger partial charge in [-0.15, -0.1) is 0 Å². The molecule has 1 aromatic rings. The van der Waals surface area contributed by atoms with Crippen molar-refractivity contribution in [3.8, 4) is 0 Å². The summed E-state index contributed by atoms with van der Waals surface area (Å²) in [5.41, 5.74) is 11.6. The number of carbonyl (C=O) groups is 5. The summed E-state index contributed by atoms with van der Waals surface area (Å²) in [5, 5.41) is 14.7. The lowest BCUT2D eigenvalue weighted by Crippen LogP contribution is -2.57. The van der Waals surface area contributed by atoms with E-state index in [1.54, 1.807) is 6.92 Å². The van der Waals surface area contributed by atoms with Gasteiger partial charge >= 0.3 is 5.97 Å². The number of rotatable bonds is 13. The molecule has 0 radical (unpaired) electrons. The third-order valence-corrected chi connectivity index (χ3v) is 6.25. The van der Waals surface area contributed by atoms with Crippen molar-refractivity contribution < 1.29 is 29.1 Å². The standard InChI is InChI=1S/C22H35N7O6/c1-3-12(2)18(22(34)35)28-19(31)15(9-13-10-25-11-26-13)27-20(32)16-5-4-8-29(16)21(33)14(23)6-7-17(24)30/h10-12,14-16,18H,3-9,23H2,1-2H3,(H2,24,30)(H,25,26)(H,27,32)(H,28,31)(H,34,35). The van der Waals surface area contributed by atoms with Crippen LogP contribution in [0.3, 0.4) is 0 Å². The van der Waals surface area contributed by atoms with Crippen LogP contribution in [-0.4, -0.2) is 80.3 Å². The smallest absolute Gasteiger partial charge is 0.326 e. The molecule has 8 N–H and O–H groups in total. The number of carboxylic acid groups (broad SMARTS) is 1. The van der Waals surface area contributed by atoms with Gasteiger partial charge in [-0.05, 0) is 25.2 Å². The summed E-state index contributed by atoms with van der Waals surface area (Å²) in [6.45, 7) is 3.84. The van der Waals surface area contributed by atoms with E-state index >= 15 is 0 Å². The Kier molecular flexibility index (Phi) is 10.2. The molecule has 4 amide bonds. The van der Waals surface area contributed by atoms with Crippen LogP contribution in [0.4, 0.5) is 0 Å². The van der Waals surface area contributed by atoms with Crippen LogP contribution < -0.4 is 22.1 Å². The fourth-order valence-electron chi connectivity index (χ4n) is 3.97. The maximum Gasteiger partial charge on any atom is 0.326 e. The number of imidazole rings is 1. The van der Waals surface area contributed by atoms with E-state index in [0.29, 0.717) is 31.5 Å². The summed E-state index contributed by atoms with van der Waals surface area (Å²) >= 11 is 0. The number of nitrogens with zero attached hydrogens (tertiary/aromatic N) is 2. The zero-order valence-corrected chi connectivity index (χ0v) is 20.0. The molecule has 0 spiro atoms. The molecular weight excluding hydrogens is 458 g/mol. The van der Waals surface area contributed by atoms with E-state index < -0.39 is 53.8 Å². The van der Waals surface area contributed by atoms with Gasteiger partial charge in [0.2, 0.25) is 23.6 Å². The molecule has 2 heterocycles. The van der Waals surface area contributed by atoms with E-state index in [1.165, 1.54) is 17.4 Å². The molecule has 0 saturated carbocycles. The van der Waals surface area contributed by atoms with Gasteiger partial charge in [0.25, 0.3) is 0 Å². The Labute approximate surface area is 203 Å². The topological polar surface area (TPSA) is 214 Å². The monoisotopic (exact) mass is 493 g/mol. The number of carboxylic acids is 1. The van der Waals surface area contributed by atoms with Crippen LogP contribution in [-0.2, 0) is 30.4 Å². The largest absolute Gasteiger partial charge is 0.480 e. The van der Waals surface area contributed by atoms with E-state index in [2.05, 4.69) is 20.6 Å². The Morgan fingerprint density at radius 1 is 1.29 bits per heavy atom. The van der Waals surface area contributed by atoms with Gasteiger partial charge in [-0.25, -0.2) is 9.78 Å². The van der Waals surface area contributed by atoms with Gasteiger partial charge in [0.05, 0.1) is 12.4 Å². The normalized spacial score (nSPS) is 18.8. The molecule has 35 heavy (non-hydrogen) atoms. The van der Waals surface area contributed by atoms with Gasteiger partial charge in [0.15, 0.2) is 0 Å². The molecule has 2 rings (SSSR count). The molecule has 1 saturated heterocycles. The first kappa shape index (κ1) is 27.8. The van der Waals surface area contributed by atoms with Gasteiger partial charge in [0, 0.05) is 31.3 Å². The molecule has 0 bridgehead atoms. The second kappa shape index (κ2) is 12.8. The third-order valence-electron chi connectivity index (χ3n) is 6.25. The van der Waals surface area contributed by atoms with Gasteiger partial charge in [-0.1, -0.05) is 20.3 Å². The zero-order chi connectivity index (χ0) is 26.1. The number of primary amides is 1. The first-order chi connectivity index (χ1) is 16.5. The van der Waals surface area contributed by atoms with Gasteiger partial charge in [-0.3, -0.25) is 19.2 Å². The fourth-order valence-corrected chi connectivity index (χ4v) is 3.97. The molecule has 13 nitrogen and oxygen atoms in total. The zero-order valence-electron chi connectivity index (χ0n) is 20.0. The Balaban J connectivity index is 2.15. The minimum atomic E-state index is -1.17. The van der Waals surface area contributed by atoms with E-state index in [9.17, 15) is 29.1 Å². The van der Waals surface area contributed by atoms with E-state index in [1.807, 2.05) is 6.92 Å². The lowest BCUT2D eigenvalue weighted by Gasteiger charge is -2.29. The van der Waals surface area contributed by atoms with Crippen LogP contribution in [0.5, 0.6) is 0 Å². The Morgan fingerprint density at radius 3 is 2.57 bits per heavy atom. The maximum absolute atomic E-state index is 13.2. The number of nitrogens with one attached hydrogen (secondary N) is 3. The second-order valence-corrected chi connectivity index (χ2v) is 8.85. The van der Waals surface area contributed by atoms with Gasteiger partial charge < -0.3 is 37.1 Å². The predicted molar refractivity (Wildman–Crippen MR) is 124 cm³/mol. The molecule has 0 aliphatic carbocycles. The van der Waals surface area contributed by atoms with Crippen molar-refractivity contribution in [3.63, 3.8) is 0 Å². The number of carbonyl (C=O) groups excluding carboxylic acids is 4. The van der Waals surface area contributed by atoms with Crippen molar-refractivity contribution in [1.82, 2.24) is 25.5 Å². The van der Waals surface area contributed by atoms with Crippen molar-refractivity contribution in [2.45, 2.75) is 76.5 Å². The van der Waals surface area contributed by atoms with Crippen molar-refractivity contribution in [1.29, 1.82) is 0 Å². The Bertz CT molecular complexity index is 906. The number of likely N-dealkylation sites (tertiary alicyclic amines) is 1. The SMILES string of the molecule is CCC(C)C(NC(=O)C(Cc1cnc[nH]1)NC(=O)C1CCCN1C(=O)C(N)CCC(N)=O)C(=O)O. The minimum Gasteiger partial charge on any atom is -0.480 e. The molecule has 5 atom stereocenters. The summed E-state index contributed by atoms with van der Waals surface area (Å²) in [4.78, 5) is 69.8. The van der Waals surface area contributed by atoms with Crippen molar-refractivity contribution in [2.75, 3.05) is 6.54 Å². The summed E-state index contributed by atoms with van der Waals surface area (Å²) in [5.74, 6) is -3.75. The molecular formula is C22H35N7O6. The molecule has 194 valence electrons. The Morgan fingerprint density at radius 2 is 2.00 bits per heavy atom. The van der Waals surface area contributed by atoms with Crippen LogP contribution in [0.1, 0.15) is 51.6 Å². The molecule has 1 aromatic heterocycles. The summed E-state index contributed by atoms with van der Waals surface area (Å²) in [6, 6.07) is -4.05. The molecule has 13 heteroatoms. The van der Waals surface area contributed by atoms with Crippen LogP contribution in [0.15, 0.2) is 12.5 Å². The summed E-state index contributed by atoms with van der Waals surface area (Å²) in [6.07, 6.45) is 4.46. The highest BCUT2D eigenvalue weighted by Crippen LogP contribution is 2.20. The van der Waals surface area contributed by atoms with Crippen molar-refractivity contribution >= 4 is 29.6 Å². The number of hydrogen-bond donors (Lipinski definition) is 6. The lowest BCUT2D eigenvalue weighted by molar-refractivity contribution is -0.144. The van der Waals surface area contributed by atoms with Crippen LogP contribution in [0.2, 0.25) is 0 Å². The van der Waals surface area contributed by atoms with E-state index in [4.69, 9.17) is 11.5 Å². The van der Waals surface area contributed by atoms with Crippen molar-refractivity contribution in [3.05, 3.63) is 18.2 Å². The first-order valence-electron chi connectivity index (χ1n) is 11.7. The second-order valence-electron chi connectivity index (χ2n) is 8.85. The fraction of sp³-hybridized carbons (Fsp3) is 0.636. The van der Waals surface area contributed by atoms with Gasteiger partial charge in [0.1, 0.15) is 18.1 Å². The lowest BCUT2D eigenvalue weighted by atomic mass is 9.98. The highest BCUT2D eigenvalue weighted by atomic mass is 16.4. The minimum absolute atomic E-state index is 0.0449. The van der Waals surface area contributed by atoms with E-state index in [-0.39, 0.29) is 25.2 Å². The maximum atomic E-state index is 13.2. The van der Waals surface area contributed by atoms with Crippen LogP contribution >= 0.6 is 0 Å². The summed E-state index contributed by atoms with van der Waals surface area (Å²) < 4.78 is 0. The molecule has 1 aliphatic heterocycles. The quantitative estimate of drug-likeness (QED) is 0.192. The molecule has 1 fully saturated rings. The number of H-pyrrole nitrogens is 1. The van der Waals surface area contributed by atoms with Gasteiger partial charge in [-0.2, -0.15) is 0 Å². The van der Waals surface area contributed by atoms with E-state index in [0.717, 1.165) is 0 Å². The third kappa shape index (κ3) is 7.77. The number of aromatic nitrogens is 2. The molecule has 0 aromatic carbocycles. The highest BCUT2D eigenvalue weighted by molar-refractivity contribution is 5.94.